The zero-order chi connectivity index (χ0) is 12.8. The van der Waals surface area contributed by atoms with Gasteiger partial charge in [-0.05, 0) is 19.1 Å². The molecule has 1 aromatic heterocycles. The molecule has 92 valence electrons. The SMILES string of the molecule is CC=CC=CC(=O)NCc1nc2ccccc2[nH]1. The van der Waals surface area contributed by atoms with Gasteiger partial charge in [-0.1, -0.05) is 30.4 Å². The topological polar surface area (TPSA) is 57.8 Å². The first-order valence-corrected chi connectivity index (χ1v) is 5.80. The lowest BCUT2D eigenvalue weighted by Gasteiger charge is -1.97. The number of para-hydroxylation sites is 2. The highest BCUT2D eigenvalue weighted by molar-refractivity contribution is 5.87. The Kier molecular flexibility index (Phi) is 3.91. The van der Waals surface area contributed by atoms with Gasteiger partial charge < -0.3 is 10.3 Å². The summed E-state index contributed by atoms with van der Waals surface area (Å²) in [6.45, 7) is 2.30. The van der Waals surface area contributed by atoms with E-state index in [0.717, 1.165) is 16.9 Å². The van der Waals surface area contributed by atoms with Gasteiger partial charge in [0.25, 0.3) is 0 Å². The van der Waals surface area contributed by atoms with E-state index in [0.29, 0.717) is 6.54 Å². The molecule has 2 rings (SSSR count). The van der Waals surface area contributed by atoms with Crippen molar-refractivity contribution in [1.82, 2.24) is 15.3 Å². The van der Waals surface area contributed by atoms with Crippen molar-refractivity contribution in [3.05, 3.63) is 54.4 Å². The minimum atomic E-state index is -0.131. The summed E-state index contributed by atoms with van der Waals surface area (Å²) in [6, 6.07) is 7.77. The summed E-state index contributed by atoms with van der Waals surface area (Å²) in [7, 11) is 0. The second-order valence-corrected chi connectivity index (χ2v) is 3.80. The molecule has 1 aromatic carbocycles. The Labute approximate surface area is 105 Å². The number of nitrogens with zero attached hydrogens (tertiary/aromatic N) is 1. The second-order valence-electron chi connectivity index (χ2n) is 3.80. The number of hydrogen-bond donors (Lipinski definition) is 2. The molecule has 0 atom stereocenters. The average molecular weight is 241 g/mol. The summed E-state index contributed by atoms with van der Waals surface area (Å²) in [4.78, 5) is 19.0. The maximum absolute atomic E-state index is 11.4. The van der Waals surface area contributed by atoms with Gasteiger partial charge in [0.1, 0.15) is 5.82 Å². The number of imidazole rings is 1. The number of aromatic amines is 1. The van der Waals surface area contributed by atoms with Gasteiger partial charge in [0, 0.05) is 6.08 Å². The van der Waals surface area contributed by atoms with Gasteiger partial charge in [0.05, 0.1) is 17.6 Å². The summed E-state index contributed by atoms with van der Waals surface area (Å²) < 4.78 is 0. The Morgan fingerprint density at radius 3 is 3.00 bits per heavy atom. The summed E-state index contributed by atoms with van der Waals surface area (Å²) in [5, 5.41) is 2.77. The predicted octanol–water partition coefficient (Wildman–Crippen LogP) is 2.31. The molecule has 0 fully saturated rings. The van der Waals surface area contributed by atoms with E-state index in [4.69, 9.17) is 0 Å². The fourth-order valence-electron chi connectivity index (χ4n) is 1.57. The number of hydrogen-bond acceptors (Lipinski definition) is 2. The van der Waals surface area contributed by atoms with Crippen LogP contribution in [0.3, 0.4) is 0 Å². The van der Waals surface area contributed by atoms with E-state index in [1.165, 1.54) is 6.08 Å². The van der Waals surface area contributed by atoms with Crippen molar-refractivity contribution in [2.75, 3.05) is 0 Å². The van der Waals surface area contributed by atoms with Gasteiger partial charge in [-0.3, -0.25) is 4.79 Å². The molecule has 0 bridgehead atoms. The molecule has 0 saturated carbocycles. The number of carbonyl (C=O) groups excluding carboxylic acids is 1. The Balaban J connectivity index is 1.95. The molecular formula is C14H15N3O. The smallest absolute Gasteiger partial charge is 0.244 e. The number of allylic oxidation sites excluding steroid dienone is 3. The Morgan fingerprint density at radius 1 is 1.39 bits per heavy atom. The average Bonchev–Trinajstić information content (AvgIpc) is 2.79. The minimum absolute atomic E-state index is 0.131. The van der Waals surface area contributed by atoms with Crippen molar-refractivity contribution in [2.45, 2.75) is 13.5 Å². The Bertz CT molecular complexity index is 563. The van der Waals surface area contributed by atoms with Crippen molar-refractivity contribution in [3.8, 4) is 0 Å². The zero-order valence-electron chi connectivity index (χ0n) is 10.2. The first-order valence-electron chi connectivity index (χ1n) is 5.80. The van der Waals surface area contributed by atoms with E-state index >= 15 is 0 Å². The number of fused-ring (bicyclic) bond motifs is 1. The number of rotatable bonds is 4. The van der Waals surface area contributed by atoms with Gasteiger partial charge in [-0.15, -0.1) is 0 Å². The molecule has 0 radical (unpaired) electrons. The van der Waals surface area contributed by atoms with E-state index in [2.05, 4.69) is 15.3 Å². The molecule has 0 aliphatic heterocycles. The highest BCUT2D eigenvalue weighted by Gasteiger charge is 2.02. The van der Waals surface area contributed by atoms with Gasteiger partial charge >= 0.3 is 0 Å². The van der Waals surface area contributed by atoms with Crippen LogP contribution in [-0.2, 0) is 11.3 Å². The van der Waals surface area contributed by atoms with Crippen LogP contribution < -0.4 is 5.32 Å². The molecule has 0 spiro atoms. The third-order valence-corrected chi connectivity index (χ3v) is 2.42. The van der Waals surface area contributed by atoms with Gasteiger partial charge in [0.2, 0.25) is 5.91 Å². The van der Waals surface area contributed by atoms with Crippen molar-refractivity contribution >= 4 is 16.9 Å². The van der Waals surface area contributed by atoms with E-state index < -0.39 is 0 Å². The van der Waals surface area contributed by atoms with Crippen LogP contribution in [0.5, 0.6) is 0 Å². The summed E-state index contributed by atoms with van der Waals surface area (Å²) in [6.07, 6.45) is 6.86. The van der Waals surface area contributed by atoms with Gasteiger partial charge in [0.15, 0.2) is 0 Å². The summed E-state index contributed by atoms with van der Waals surface area (Å²) in [5.74, 6) is 0.623. The third kappa shape index (κ3) is 3.07. The highest BCUT2D eigenvalue weighted by Crippen LogP contribution is 2.09. The molecule has 0 saturated heterocycles. The maximum Gasteiger partial charge on any atom is 0.244 e. The van der Waals surface area contributed by atoms with Gasteiger partial charge in [-0.2, -0.15) is 0 Å². The Morgan fingerprint density at radius 2 is 2.22 bits per heavy atom. The molecule has 2 aromatic rings. The van der Waals surface area contributed by atoms with E-state index in [-0.39, 0.29) is 5.91 Å². The van der Waals surface area contributed by atoms with E-state index in [1.54, 1.807) is 12.2 Å². The largest absolute Gasteiger partial charge is 0.345 e. The van der Waals surface area contributed by atoms with Crippen LogP contribution in [0.4, 0.5) is 0 Å². The quantitative estimate of drug-likeness (QED) is 0.637. The fraction of sp³-hybridized carbons (Fsp3) is 0.143. The minimum Gasteiger partial charge on any atom is -0.345 e. The predicted molar refractivity (Wildman–Crippen MR) is 71.9 cm³/mol. The first kappa shape index (κ1) is 12.1. The van der Waals surface area contributed by atoms with Crippen LogP contribution in [0.1, 0.15) is 12.7 Å². The molecule has 2 N–H and O–H groups in total. The van der Waals surface area contributed by atoms with Crippen molar-refractivity contribution in [3.63, 3.8) is 0 Å². The first-order chi connectivity index (χ1) is 8.79. The Hall–Kier alpha value is -2.36. The second kappa shape index (κ2) is 5.82. The van der Waals surface area contributed by atoms with Gasteiger partial charge in [-0.25, -0.2) is 4.98 Å². The highest BCUT2D eigenvalue weighted by atomic mass is 16.1. The fourth-order valence-corrected chi connectivity index (χ4v) is 1.57. The van der Waals surface area contributed by atoms with E-state index in [9.17, 15) is 4.79 Å². The third-order valence-electron chi connectivity index (χ3n) is 2.42. The molecule has 1 heterocycles. The summed E-state index contributed by atoms with van der Waals surface area (Å²) in [5.41, 5.74) is 1.89. The summed E-state index contributed by atoms with van der Waals surface area (Å²) >= 11 is 0. The van der Waals surface area contributed by atoms with Crippen LogP contribution >= 0.6 is 0 Å². The number of amides is 1. The molecule has 0 aliphatic carbocycles. The number of carbonyl (C=O) groups is 1. The van der Waals surface area contributed by atoms with Crippen molar-refractivity contribution in [1.29, 1.82) is 0 Å². The van der Waals surface area contributed by atoms with Crippen LogP contribution in [0.2, 0.25) is 0 Å². The van der Waals surface area contributed by atoms with Crippen LogP contribution in [0.25, 0.3) is 11.0 Å². The maximum atomic E-state index is 11.4. The molecule has 1 amide bonds. The number of H-pyrrole nitrogens is 1. The monoisotopic (exact) mass is 241 g/mol. The van der Waals surface area contributed by atoms with Crippen LogP contribution in [0, 0.1) is 0 Å². The molecular weight excluding hydrogens is 226 g/mol. The number of benzene rings is 1. The van der Waals surface area contributed by atoms with E-state index in [1.807, 2.05) is 37.3 Å². The standard InChI is InChI=1S/C14H15N3O/c1-2-3-4-9-14(18)15-10-13-16-11-7-5-6-8-12(11)17-13/h2-9H,10H2,1H3,(H,15,18)(H,16,17). The van der Waals surface area contributed by atoms with Crippen molar-refractivity contribution < 1.29 is 4.79 Å². The van der Waals surface area contributed by atoms with Crippen LogP contribution in [-0.4, -0.2) is 15.9 Å². The zero-order valence-corrected chi connectivity index (χ0v) is 10.2. The molecule has 4 nitrogen and oxygen atoms in total. The number of aromatic nitrogens is 2. The molecule has 18 heavy (non-hydrogen) atoms. The van der Waals surface area contributed by atoms with Crippen molar-refractivity contribution in [2.24, 2.45) is 0 Å². The molecule has 0 aliphatic rings. The normalized spacial score (nSPS) is 11.6. The molecule has 4 heteroatoms. The lowest BCUT2D eigenvalue weighted by Crippen LogP contribution is -2.20. The number of nitrogens with one attached hydrogen (secondary N) is 2. The van der Waals surface area contributed by atoms with Crippen LogP contribution in [0.15, 0.2) is 48.6 Å². The lowest BCUT2D eigenvalue weighted by atomic mass is 10.3. The molecule has 0 unspecified atom stereocenters. The lowest BCUT2D eigenvalue weighted by molar-refractivity contribution is -0.116.